The summed E-state index contributed by atoms with van der Waals surface area (Å²) >= 11 is 0. The summed E-state index contributed by atoms with van der Waals surface area (Å²) in [5.41, 5.74) is 0.703. The van der Waals surface area contributed by atoms with Crippen LogP contribution in [-0.4, -0.2) is 59.3 Å². The zero-order valence-corrected chi connectivity index (χ0v) is 17.5. The molecule has 0 aromatic heterocycles. The van der Waals surface area contributed by atoms with Gasteiger partial charge in [0, 0.05) is 6.54 Å². The van der Waals surface area contributed by atoms with Crippen molar-refractivity contribution in [3.8, 4) is 0 Å². The molecule has 0 aliphatic carbocycles. The zero-order chi connectivity index (χ0) is 22.7. The maximum absolute atomic E-state index is 12.8. The van der Waals surface area contributed by atoms with E-state index in [1.54, 1.807) is 37.3 Å². The third kappa shape index (κ3) is 4.42. The minimum atomic E-state index is -1.01. The fourth-order valence-electron chi connectivity index (χ4n) is 3.46. The number of esters is 1. The highest BCUT2D eigenvalue weighted by Gasteiger charge is 2.46. The second kappa shape index (κ2) is 8.99. The molecule has 1 aromatic rings. The molecule has 3 rings (SSSR count). The van der Waals surface area contributed by atoms with Crippen LogP contribution in [0.3, 0.4) is 0 Å². The number of urea groups is 2. The summed E-state index contributed by atoms with van der Waals surface area (Å²) in [6, 6.07) is 6.51. The van der Waals surface area contributed by atoms with Gasteiger partial charge in [-0.2, -0.15) is 0 Å². The molecule has 0 radical (unpaired) electrons. The van der Waals surface area contributed by atoms with Gasteiger partial charge < -0.3 is 15.4 Å². The number of ether oxygens (including phenoxy) is 1. The van der Waals surface area contributed by atoms with Gasteiger partial charge >= 0.3 is 29.8 Å². The topological polar surface area (TPSA) is 125 Å². The Bertz CT molecular complexity index is 956. The van der Waals surface area contributed by atoms with E-state index in [1.807, 2.05) is 13.8 Å². The Kier molecular flexibility index (Phi) is 6.38. The number of nitrogens with one attached hydrogen (secondary N) is 2. The van der Waals surface area contributed by atoms with Crippen LogP contribution in [0.25, 0.3) is 0 Å². The Morgan fingerprint density at radius 3 is 2.32 bits per heavy atom. The minimum Gasteiger partial charge on any atom is -0.463 e. The van der Waals surface area contributed by atoms with Crippen molar-refractivity contribution in [2.24, 2.45) is 5.92 Å². The molecule has 6 amide bonds. The zero-order valence-electron chi connectivity index (χ0n) is 17.5. The van der Waals surface area contributed by atoms with E-state index in [-0.39, 0.29) is 30.3 Å². The van der Waals surface area contributed by atoms with E-state index < -0.39 is 42.4 Å². The van der Waals surface area contributed by atoms with Crippen LogP contribution in [0.2, 0.25) is 0 Å². The van der Waals surface area contributed by atoms with Gasteiger partial charge in [-0.05, 0) is 18.4 Å². The monoisotopic (exact) mass is 428 g/mol. The summed E-state index contributed by atoms with van der Waals surface area (Å²) in [5, 5.41) is 5.17. The lowest BCUT2D eigenvalue weighted by molar-refractivity contribution is -0.143. The molecule has 1 aromatic carbocycles. The Hall–Kier alpha value is -3.69. The molecule has 2 aliphatic rings. The molecule has 1 saturated heterocycles. The van der Waals surface area contributed by atoms with E-state index >= 15 is 0 Å². The number of nitrogens with zero attached hydrogens (tertiary/aromatic N) is 2. The standard InChI is InChI=1S/C21H24N4O6/c1-4-31-19(28)15-14(22-20(29)23-16(15)13-8-6-5-7-9-13)11-25-18(27)17(26)24(21(25)30)10-12(2)3/h5-9,12,16H,4,10-11H2,1-3H3,(H2,22,23,29). The van der Waals surface area contributed by atoms with Gasteiger partial charge in [0.1, 0.15) is 0 Å². The maximum atomic E-state index is 12.8. The third-order valence-corrected chi connectivity index (χ3v) is 4.78. The predicted molar refractivity (Wildman–Crippen MR) is 108 cm³/mol. The van der Waals surface area contributed by atoms with Gasteiger partial charge in [0.15, 0.2) is 0 Å². The molecule has 2 aliphatic heterocycles. The highest BCUT2D eigenvalue weighted by atomic mass is 16.5. The molecule has 0 bridgehead atoms. The van der Waals surface area contributed by atoms with Crippen molar-refractivity contribution < 1.29 is 28.7 Å². The molecule has 31 heavy (non-hydrogen) atoms. The predicted octanol–water partition coefficient (Wildman–Crippen LogP) is 1.30. The number of amides is 6. The summed E-state index contributed by atoms with van der Waals surface area (Å²) in [5.74, 6) is -2.68. The Morgan fingerprint density at radius 2 is 1.71 bits per heavy atom. The van der Waals surface area contributed by atoms with E-state index in [4.69, 9.17) is 4.74 Å². The first-order chi connectivity index (χ1) is 14.7. The van der Waals surface area contributed by atoms with E-state index in [0.717, 1.165) is 9.80 Å². The van der Waals surface area contributed by atoms with Gasteiger partial charge in [-0.25, -0.2) is 19.3 Å². The molecular formula is C21H24N4O6. The van der Waals surface area contributed by atoms with Crippen molar-refractivity contribution in [3.63, 3.8) is 0 Å². The fourth-order valence-corrected chi connectivity index (χ4v) is 3.46. The number of rotatable bonds is 7. The molecule has 164 valence electrons. The lowest BCUT2D eigenvalue weighted by Crippen LogP contribution is -2.49. The summed E-state index contributed by atoms with van der Waals surface area (Å²) in [7, 11) is 0. The Balaban J connectivity index is 2.01. The van der Waals surface area contributed by atoms with E-state index in [9.17, 15) is 24.0 Å². The van der Waals surface area contributed by atoms with Crippen molar-refractivity contribution in [2.75, 3.05) is 19.7 Å². The maximum Gasteiger partial charge on any atom is 0.338 e. The van der Waals surface area contributed by atoms with Crippen molar-refractivity contribution >= 4 is 29.8 Å². The molecule has 2 N–H and O–H groups in total. The third-order valence-electron chi connectivity index (χ3n) is 4.78. The van der Waals surface area contributed by atoms with Crippen LogP contribution in [0.5, 0.6) is 0 Å². The highest BCUT2D eigenvalue weighted by Crippen LogP contribution is 2.29. The van der Waals surface area contributed by atoms with Crippen molar-refractivity contribution in [1.82, 2.24) is 20.4 Å². The number of carbonyl (C=O) groups excluding carboxylic acids is 5. The van der Waals surface area contributed by atoms with E-state index in [2.05, 4.69) is 10.6 Å². The van der Waals surface area contributed by atoms with Crippen LogP contribution in [0.4, 0.5) is 9.59 Å². The fraction of sp³-hybridized carbons (Fsp3) is 0.381. The molecule has 10 nitrogen and oxygen atoms in total. The summed E-state index contributed by atoms with van der Waals surface area (Å²) in [6.07, 6.45) is 0. The van der Waals surface area contributed by atoms with Crippen LogP contribution in [0.1, 0.15) is 32.4 Å². The lowest BCUT2D eigenvalue weighted by Gasteiger charge is -2.30. The lowest BCUT2D eigenvalue weighted by atomic mass is 9.95. The average Bonchev–Trinajstić information content (AvgIpc) is 2.92. The number of carbonyl (C=O) groups is 5. The van der Waals surface area contributed by atoms with Gasteiger partial charge in [0.2, 0.25) is 0 Å². The number of hydrogen-bond donors (Lipinski definition) is 2. The van der Waals surface area contributed by atoms with Gasteiger partial charge in [0.05, 0.1) is 30.5 Å². The summed E-state index contributed by atoms with van der Waals surface area (Å²) in [4.78, 5) is 64.1. The number of imide groups is 2. The van der Waals surface area contributed by atoms with Crippen LogP contribution in [-0.2, 0) is 19.1 Å². The van der Waals surface area contributed by atoms with Crippen molar-refractivity contribution in [2.45, 2.75) is 26.8 Å². The van der Waals surface area contributed by atoms with Gasteiger partial charge in [-0.3, -0.25) is 14.5 Å². The van der Waals surface area contributed by atoms with Crippen LogP contribution in [0.15, 0.2) is 41.6 Å². The smallest absolute Gasteiger partial charge is 0.338 e. The van der Waals surface area contributed by atoms with E-state index in [1.165, 1.54) is 0 Å². The Labute approximate surface area is 179 Å². The number of hydrogen-bond acceptors (Lipinski definition) is 6. The van der Waals surface area contributed by atoms with Crippen LogP contribution < -0.4 is 10.6 Å². The molecule has 0 saturated carbocycles. The second-order valence-corrected chi connectivity index (χ2v) is 7.54. The largest absolute Gasteiger partial charge is 0.463 e. The summed E-state index contributed by atoms with van der Waals surface area (Å²) < 4.78 is 5.16. The molecule has 0 spiro atoms. The quantitative estimate of drug-likeness (QED) is 0.383. The first-order valence-electron chi connectivity index (χ1n) is 9.94. The molecule has 2 heterocycles. The number of benzene rings is 1. The summed E-state index contributed by atoms with van der Waals surface area (Å²) in [6.45, 7) is 5.00. The van der Waals surface area contributed by atoms with Crippen LogP contribution >= 0.6 is 0 Å². The Morgan fingerprint density at radius 1 is 1.06 bits per heavy atom. The SMILES string of the molecule is CCOC(=O)C1=C(CN2C(=O)C(=O)N(CC(C)C)C2=O)NC(=O)NC1c1ccccc1. The van der Waals surface area contributed by atoms with Crippen molar-refractivity contribution in [1.29, 1.82) is 0 Å². The minimum absolute atomic E-state index is 0.0250. The van der Waals surface area contributed by atoms with Gasteiger partial charge in [-0.15, -0.1) is 0 Å². The second-order valence-electron chi connectivity index (χ2n) is 7.54. The molecule has 1 unspecified atom stereocenters. The average molecular weight is 428 g/mol. The molecule has 1 fully saturated rings. The van der Waals surface area contributed by atoms with Crippen LogP contribution in [0, 0.1) is 5.92 Å². The van der Waals surface area contributed by atoms with Gasteiger partial charge in [-0.1, -0.05) is 44.2 Å². The highest BCUT2D eigenvalue weighted by molar-refractivity contribution is 6.44. The molecular weight excluding hydrogens is 404 g/mol. The first kappa shape index (κ1) is 22.0. The van der Waals surface area contributed by atoms with Gasteiger partial charge in [0.25, 0.3) is 0 Å². The molecule has 1 atom stereocenters. The molecule has 10 heteroatoms. The van der Waals surface area contributed by atoms with E-state index in [0.29, 0.717) is 5.56 Å². The normalized spacial score (nSPS) is 19.2. The van der Waals surface area contributed by atoms with Crippen molar-refractivity contribution in [3.05, 3.63) is 47.2 Å². The first-order valence-corrected chi connectivity index (χ1v) is 9.94.